The predicted octanol–water partition coefficient (Wildman–Crippen LogP) is 4.96. The topological polar surface area (TPSA) is 12.0 Å². The van der Waals surface area contributed by atoms with Gasteiger partial charge in [-0.3, -0.25) is 0 Å². The molecule has 0 spiro atoms. The second kappa shape index (κ2) is 9.18. The van der Waals surface area contributed by atoms with Crippen LogP contribution in [0.5, 0.6) is 0 Å². The fraction of sp³-hybridized carbons (Fsp3) is 0.684. The Morgan fingerprint density at radius 2 is 1.75 bits per heavy atom. The van der Waals surface area contributed by atoms with Crippen molar-refractivity contribution in [2.24, 2.45) is 5.92 Å². The second-order valence-electron chi connectivity index (χ2n) is 6.40. The zero-order valence-corrected chi connectivity index (χ0v) is 13.1. The van der Waals surface area contributed by atoms with Gasteiger partial charge in [-0.2, -0.15) is 0 Å². The van der Waals surface area contributed by atoms with Crippen molar-refractivity contribution in [3.8, 4) is 0 Å². The van der Waals surface area contributed by atoms with Gasteiger partial charge < -0.3 is 5.32 Å². The smallest absolute Gasteiger partial charge is 0.00672 e. The van der Waals surface area contributed by atoms with Crippen LogP contribution in [0.1, 0.15) is 63.9 Å². The molecule has 1 saturated carbocycles. The van der Waals surface area contributed by atoms with Gasteiger partial charge in [0.15, 0.2) is 0 Å². The van der Waals surface area contributed by atoms with Crippen LogP contribution in [-0.2, 0) is 6.42 Å². The molecule has 0 unspecified atom stereocenters. The van der Waals surface area contributed by atoms with Crippen LogP contribution in [0.2, 0.25) is 0 Å². The normalized spacial score (nSPS) is 22.9. The summed E-state index contributed by atoms with van der Waals surface area (Å²) in [5, 5.41) is 3.77. The summed E-state index contributed by atoms with van der Waals surface area (Å²) in [5.74, 6) is 1.02. The zero-order valence-electron chi connectivity index (χ0n) is 13.1. The molecule has 1 fully saturated rings. The summed E-state index contributed by atoms with van der Waals surface area (Å²) in [4.78, 5) is 0. The lowest BCUT2D eigenvalue weighted by molar-refractivity contribution is 0.278. The van der Waals surface area contributed by atoms with Gasteiger partial charge in [0.1, 0.15) is 0 Å². The fourth-order valence-electron chi connectivity index (χ4n) is 3.47. The van der Waals surface area contributed by atoms with Gasteiger partial charge in [0.2, 0.25) is 0 Å². The van der Waals surface area contributed by atoms with Gasteiger partial charge in [-0.25, -0.2) is 0 Å². The Bertz CT molecular complexity index is 338. The minimum absolute atomic E-state index is 0.805. The van der Waals surface area contributed by atoms with Crippen molar-refractivity contribution in [1.29, 1.82) is 0 Å². The van der Waals surface area contributed by atoms with E-state index >= 15 is 0 Å². The van der Waals surface area contributed by atoms with Crippen LogP contribution >= 0.6 is 0 Å². The molecule has 0 aliphatic heterocycles. The van der Waals surface area contributed by atoms with E-state index in [0.29, 0.717) is 0 Å². The lowest BCUT2D eigenvalue weighted by Crippen LogP contribution is -2.33. The van der Waals surface area contributed by atoms with Gasteiger partial charge in [-0.05, 0) is 63.0 Å². The maximum atomic E-state index is 3.77. The van der Waals surface area contributed by atoms with Gasteiger partial charge in [0.25, 0.3) is 0 Å². The number of aryl methyl sites for hydroxylation is 1. The maximum absolute atomic E-state index is 3.77. The SMILES string of the molecule is CCCC1CCC(NCCCCc2ccccc2)CC1. The lowest BCUT2D eigenvalue weighted by atomic mass is 9.83. The zero-order chi connectivity index (χ0) is 14.0. The molecule has 1 nitrogen and oxygen atoms in total. The van der Waals surface area contributed by atoms with Crippen molar-refractivity contribution in [2.75, 3.05) is 6.54 Å². The highest BCUT2D eigenvalue weighted by molar-refractivity contribution is 5.14. The van der Waals surface area contributed by atoms with Crippen LogP contribution < -0.4 is 5.32 Å². The summed E-state index contributed by atoms with van der Waals surface area (Å²) in [6.45, 7) is 3.52. The summed E-state index contributed by atoms with van der Waals surface area (Å²) < 4.78 is 0. The lowest BCUT2D eigenvalue weighted by Gasteiger charge is -2.29. The Labute approximate surface area is 125 Å². The fourth-order valence-corrected chi connectivity index (χ4v) is 3.47. The molecule has 0 bridgehead atoms. The Morgan fingerprint density at radius 1 is 1.00 bits per heavy atom. The van der Waals surface area contributed by atoms with Crippen molar-refractivity contribution >= 4 is 0 Å². The number of rotatable bonds is 8. The van der Waals surface area contributed by atoms with Gasteiger partial charge in [-0.1, -0.05) is 50.1 Å². The van der Waals surface area contributed by atoms with Crippen molar-refractivity contribution in [1.82, 2.24) is 5.32 Å². The molecule has 1 aromatic rings. The Morgan fingerprint density at radius 3 is 2.45 bits per heavy atom. The highest BCUT2D eigenvalue weighted by Gasteiger charge is 2.19. The van der Waals surface area contributed by atoms with E-state index in [4.69, 9.17) is 0 Å². The van der Waals surface area contributed by atoms with Crippen LogP contribution in [0.15, 0.2) is 30.3 Å². The van der Waals surface area contributed by atoms with Gasteiger partial charge >= 0.3 is 0 Å². The molecule has 0 aromatic heterocycles. The molecule has 0 radical (unpaired) electrons. The molecule has 20 heavy (non-hydrogen) atoms. The average molecular weight is 273 g/mol. The summed E-state index contributed by atoms with van der Waals surface area (Å²) in [6.07, 6.45) is 12.4. The van der Waals surface area contributed by atoms with Gasteiger partial charge in [0, 0.05) is 6.04 Å². The van der Waals surface area contributed by atoms with Crippen molar-refractivity contribution in [2.45, 2.75) is 70.8 Å². The van der Waals surface area contributed by atoms with E-state index in [1.807, 2.05) is 0 Å². The van der Waals surface area contributed by atoms with Crippen LogP contribution in [0.25, 0.3) is 0 Å². The molecule has 1 aliphatic carbocycles. The number of unbranched alkanes of at least 4 members (excludes halogenated alkanes) is 1. The summed E-state index contributed by atoms with van der Waals surface area (Å²) in [6, 6.07) is 11.7. The van der Waals surface area contributed by atoms with Crippen LogP contribution in [0.4, 0.5) is 0 Å². The van der Waals surface area contributed by atoms with E-state index in [0.717, 1.165) is 12.0 Å². The monoisotopic (exact) mass is 273 g/mol. The minimum atomic E-state index is 0.805. The molecule has 1 heteroatoms. The van der Waals surface area contributed by atoms with Gasteiger partial charge in [-0.15, -0.1) is 0 Å². The highest BCUT2D eigenvalue weighted by atomic mass is 14.9. The second-order valence-corrected chi connectivity index (χ2v) is 6.40. The molecule has 1 aromatic carbocycles. The summed E-state index contributed by atoms with van der Waals surface area (Å²) in [5.41, 5.74) is 1.48. The molecule has 0 amide bonds. The molecule has 0 atom stereocenters. The average Bonchev–Trinajstić information content (AvgIpc) is 2.50. The number of hydrogen-bond acceptors (Lipinski definition) is 1. The van der Waals surface area contributed by atoms with Crippen molar-refractivity contribution in [3.05, 3.63) is 35.9 Å². The van der Waals surface area contributed by atoms with E-state index in [9.17, 15) is 0 Å². The van der Waals surface area contributed by atoms with E-state index in [-0.39, 0.29) is 0 Å². The molecular weight excluding hydrogens is 242 g/mol. The summed E-state index contributed by atoms with van der Waals surface area (Å²) >= 11 is 0. The van der Waals surface area contributed by atoms with Crippen LogP contribution in [0.3, 0.4) is 0 Å². The van der Waals surface area contributed by atoms with Crippen molar-refractivity contribution < 1.29 is 0 Å². The van der Waals surface area contributed by atoms with E-state index < -0.39 is 0 Å². The first-order valence-corrected chi connectivity index (χ1v) is 8.65. The Balaban J connectivity index is 1.50. The number of nitrogens with one attached hydrogen (secondary N) is 1. The molecule has 1 aliphatic rings. The molecule has 112 valence electrons. The standard InChI is InChI=1S/C19H31N/c1-2-8-17-12-14-19(15-13-17)20-16-7-6-11-18-9-4-3-5-10-18/h3-5,9-10,17,19-20H,2,6-8,11-16H2,1H3. The van der Waals surface area contributed by atoms with E-state index in [2.05, 4.69) is 42.6 Å². The third-order valence-electron chi connectivity index (χ3n) is 4.71. The van der Waals surface area contributed by atoms with Crippen molar-refractivity contribution in [3.63, 3.8) is 0 Å². The number of benzene rings is 1. The maximum Gasteiger partial charge on any atom is 0.00672 e. The molecule has 0 heterocycles. The Kier molecular flexibility index (Phi) is 7.14. The van der Waals surface area contributed by atoms with E-state index in [1.54, 1.807) is 0 Å². The third kappa shape index (κ3) is 5.66. The molecule has 0 saturated heterocycles. The molecule has 1 N–H and O–H groups in total. The van der Waals surface area contributed by atoms with Crippen LogP contribution in [0, 0.1) is 5.92 Å². The highest BCUT2D eigenvalue weighted by Crippen LogP contribution is 2.27. The largest absolute Gasteiger partial charge is 0.314 e. The first kappa shape index (κ1) is 15.6. The Hall–Kier alpha value is -0.820. The summed E-state index contributed by atoms with van der Waals surface area (Å²) in [7, 11) is 0. The minimum Gasteiger partial charge on any atom is -0.314 e. The van der Waals surface area contributed by atoms with Crippen LogP contribution in [-0.4, -0.2) is 12.6 Å². The number of hydrogen-bond donors (Lipinski definition) is 1. The van der Waals surface area contributed by atoms with E-state index in [1.165, 1.54) is 69.9 Å². The van der Waals surface area contributed by atoms with Gasteiger partial charge in [0.05, 0.1) is 0 Å². The first-order chi connectivity index (χ1) is 9.88. The molecule has 2 rings (SSSR count). The first-order valence-electron chi connectivity index (χ1n) is 8.65. The quantitative estimate of drug-likeness (QED) is 0.660. The predicted molar refractivity (Wildman–Crippen MR) is 88.0 cm³/mol. The molecular formula is C19H31N. The third-order valence-corrected chi connectivity index (χ3v) is 4.71.